The fourth-order valence-corrected chi connectivity index (χ4v) is 1.28. The zero-order chi connectivity index (χ0) is 13.1. The van der Waals surface area contributed by atoms with Crippen LogP contribution in [0.4, 0.5) is 0 Å². The number of hydrogen-bond donors (Lipinski definition) is 0. The van der Waals surface area contributed by atoms with Crippen LogP contribution >= 0.6 is 0 Å². The van der Waals surface area contributed by atoms with Gasteiger partial charge < -0.3 is 4.57 Å². The molecule has 17 heavy (non-hydrogen) atoms. The van der Waals surface area contributed by atoms with Gasteiger partial charge in [-0.3, -0.25) is 4.79 Å². The van der Waals surface area contributed by atoms with Crippen LogP contribution in [0.3, 0.4) is 0 Å². The first-order chi connectivity index (χ1) is 8.31. The van der Waals surface area contributed by atoms with Gasteiger partial charge in [0.2, 0.25) is 0 Å². The lowest BCUT2D eigenvalue weighted by Gasteiger charge is -2.04. The van der Waals surface area contributed by atoms with Crippen LogP contribution in [0.15, 0.2) is 49.0 Å². The lowest BCUT2D eigenvalue weighted by molar-refractivity contribution is 0.111. The Hall–Kier alpha value is -1.90. The third-order valence-corrected chi connectivity index (χ3v) is 1.93. The molecular formula is C14H20N2O. The quantitative estimate of drug-likeness (QED) is 0.576. The van der Waals surface area contributed by atoms with Gasteiger partial charge in [0.15, 0.2) is 6.29 Å². The smallest absolute Gasteiger partial charge is 0.168 e. The van der Waals surface area contributed by atoms with Crippen LogP contribution in [-0.2, 0) is 6.54 Å². The minimum absolute atomic E-state index is 0.578. The van der Waals surface area contributed by atoms with Crippen LogP contribution in [0, 0.1) is 0 Å². The van der Waals surface area contributed by atoms with Gasteiger partial charge in [0.05, 0.1) is 12.5 Å². The van der Waals surface area contributed by atoms with Crippen molar-refractivity contribution in [2.75, 3.05) is 0 Å². The fourth-order valence-electron chi connectivity index (χ4n) is 1.28. The van der Waals surface area contributed by atoms with E-state index in [-0.39, 0.29) is 0 Å². The SMILES string of the molecule is C=C/C=C(\C=C/C)Cn1cncc1C=O.CC. The Labute approximate surface area is 103 Å². The Morgan fingerprint density at radius 2 is 2.24 bits per heavy atom. The van der Waals surface area contributed by atoms with Crippen molar-refractivity contribution in [2.45, 2.75) is 27.3 Å². The van der Waals surface area contributed by atoms with Gasteiger partial charge in [-0.05, 0) is 12.5 Å². The fraction of sp³-hybridized carbons (Fsp3) is 0.286. The number of aromatic nitrogens is 2. The molecule has 3 nitrogen and oxygen atoms in total. The molecule has 0 aliphatic heterocycles. The molecule has 0 aliphatic carbocycles. The number of imidazole rings is 1. The van der Waals surface area contributed by atoms with E-state index in [1.807, 2.05) is 39.0 Å². The Balaban J connectivity index is 0.00000121. The van der Waals surface area contributed by atoms with Crippen LogP contribution in [0.25, 0.3) is 0 Å². The highest BCUT2D eigenvalue weighted by Crippen LogP contribution is 2.05. The Kier molecular flexibility index (Phi) is 8.29. The van der Waals surface area contributed by atoms with Gasteiger partial charge in [0.25, 0.3) is 0 Å². The first-order valence-electron chi connectivity index (χ1n) is 5.71. The second-order valence-corrected chi connectivity index (χ2v) is 3.04. The maximum Gasteiger partial charge on any atom is 0.168 e. The number of hydrogen-bond acceptors (Lipinski definition) is 2. The molecule has 1 aromatic rings. The molecular weight excluding hydrogens is 212 g/mol. The largest absolute Gasteiger partial charge is 0.324 e. The van der Waals surface area contributed by atoms with Gasteiger partial charge in [-0.15, -0.1) is 0 Å². The molecule has 3 heteroatoms. The summed E-state index contributed by atoms with van der Waals surface area (Å²) >= 11 is 0. The Bertz CT molecular complexity index is 400. The van der Waals surface area contributed by atoms with E-state index >= 15 is 0 Å². The predicted molar refractivity (Wildman–Crippen MR) is 72.1 cm³/mol. The predicted octanol–water partition coefficient (Wildman–Crippen LogP) is 3.41. The van der Waals surface area contributed by atoms with E-state index in [2.05, 4.69) is 11.6 Å². The highest BCUT2D eigenvalue weighted by molar-refractivity contribution is 5.71. The molecule has 0 saturated heterocycles. The third kappa shape index (κ3) is 5.11. The highest BCUT2D eigenvalue weighted by atomic mass is 16.1. The van der Waals surface area contributed by atoms with Gasteiger partial charge in [0.1, 0.15) is 5.69 Å². The number of allylic oxidation sites excluding steroid dienone is 5. The molecule has 92 valence electrons. The summed E-state index contributed by atoms with van der Waals surface area (Å²) in [5, 5.41) is 0. The number of aldehydes is 1. The van der Waals surface area contributed by atoms with Crippen molar-refractivity contribution in [3.05, 3.63) is 54.7 Å². The summed E-state index contributed by atoms with van der Waals surface area (Å²) in [6.07, 6.45) is 11.6. The first-order valence-corrected chi connectivity index (χ1v) is 5.71. The van der Waals surface area contributed by atoms with Crippen LogP contribution < -0.4 is 0 Å². The van der Waals surface area contributed by atoms with Crippen molar-refractivity contribution in [1.29, 1.82) is 0 Å². The lowest BCUT2D eigenvalue weighted by Crippen LogP contribution is -2.02. The summed E-state index contributed by atoms with van der Waals surface area (Å²) < 4.78 is 1.79. The van der Waals surface area contributed by atoms with Gasteiger partial charge in [-0.1, -0.05) is 44.7 Å². The second kappa shape index (κ2) is 9.33. The topological polar surface area (TPSA) is 34.9 Å². The Morgan fingerprint density at radius 1 is 1.53 bits per heavy atom. The van der Waals surface area contributed by atoms with Crippen molar-refractivity contribution in [3.8, 4) is 0 Å². The van der Waals surface area contributed by atoms with E-state index in [4.69, 9.17) is 0 Å². The molecule has 0 unspecified atom stereocenters. The monoisotopic (exact) mass is 232 g/mol. The zero-order valence-corrected chi connectivity index (χ0v) is 10.8. The molecule has 1 heterocycles. The van der Waals surface area contributed by atoms with Crippen LogP contribution in [-0.4, -0.2) is 15.8 Å². The second-order valence-electron chi connectivity index (χ2n) is 3.04. The molecule has 0 N–H and O–H groups in total. The number of nitrogens with zero attached hydrogens (tertiary/aromatic N) is 2. The van der Waals surface area contributed by atoms with Crippen molar-refractivity contribution in [2.24, 2.45) is 0 Å². The van der Waals surface area contributed by atoms with E-state index in [1.165, 1.54) is 0 Å². The van der Waals surface area contributed by atoms with E-state index in [0.29, 0.717) is 12.2 Å². The van der Waals surface area contributed by atoms with E-state index < -0.39 is 0 Å². The Morgan fingerprint density at radius 3 is 2.76 bits per heavy atom. The molecule has 0 aliphatic rings. The third-order valence-electron chi connectivity index (χ3n) is 1.93. The summed E-state index contributed by atoms with van der Waals surface area (Å²) in [4.78, 5) is 14.6. The van der Waals surface area contributed by atoms with E-state index in [1.54, 1.807) is 23.2 Å². The summed E-state index contributed by atoms with van der Waals surface area (Å²) in [6, 6.07) is 0. The van der Waals surface area contributed by atoms with Gasteiger partial charge >= 0.3 is 0 Å². The molecule has 0 radical (unpaired) electrons. The number of rotatable bonds is 5. The number of carbonyl (C=O) groups excluding carboxylic acids is 1. The van der Waals surface area contributed by atoms with Crippen molar-refractivity contribution >= 4 is 6.29 Å². The van der Waals surface area contributed by atoms with E-state index in [9.17, 15) is 4.79 Å². The highest BCUT2D eigenvalue weighted by Gasteiger charge is 2.00. The standard InChI is InChI=1S/C12H14N2O.C2H6/c1-3-5-11(6-4-2)8-14-10-13-7-12(14)9-15;1-2/h3-7,9-10H,1,8H2,2H3;1-2H3/b6-4-,11-5+;. The van der Waals surface area contributed by atoms with Crippen molar-refractivity contribution in [3.63, 3.8) is 0 Å². The maximum absolute atomic E-state index is 10.7. The summed E-state index contributed by atoms with van der Waals surface area (Å²) in [5.41, 5.74) is 1.66. The molecule has 0 spiro atoms. The van der Waals surface area contributed by atoms with Gasteiger partial charge in [-0.2, -0.15) is 0 Å². The zero-order valence-electron chi connectivity index (χ0n) is 10.8. The normalized spacial score (nSPS) is 10.9. The average molecular weight is 232 g/mol. The first kappa shape index (κ1) is 15.1. The molecule has 0 aromatic carbocycles. The molecule has 0 fully saturated rings. The number of carbonyl (C=O) groups is 1. The van der Waals surface area contributed by atoms with Crippen LogP contribution in [0.1, 0.15) is 31.3 Å². The molecule has 0 saturated carbocycles. The van der Waals surface area contributed by atoms with E-state index in [0.717, 1.165) is 11.9 Å². The molecule has 1 aromatic heterocycles. The molecule has 0 atom stereocenters. The summed E-state index contributed by atoms with van der Waals surface area (Å²) in [6.45, 7) is 10.2. The lowest BCUT2D eigenvalue weighted by atomic mass is 10.2. The van der Waals surface area contributed by atoms with Crippen molar-refractivity contribution in [1.82, 2.24) is 9.55 Å². The van der Waals surface area contributed by atoms with Gasteiger partial charge in [-0.25, -0.2) is 4.98 Å². The van der Waals surface area contributed by atoms with Crippen LogP contribution in [0.5, 0.6) is 0 Å². The summed E-state index contributed by atoms with van der Waals surface area (Å²) in [5.74, 6) is 0. The van der Waals surface area contributed by atoms with Crippen LogP contribution in [0.2, 0.25) is 0 Å². The molecule has 1 rings (SSSR count). The molecule has 0 bridgehead atoms. The van der Waals surface area contributed by atoms with Crippen molar-refractivity contribution < 1.29 is 4.79 Å². The van der Waals surface area contributed by atoms with Gasteiger partial charge in [0, 0.05) is 6.54 Å². The summed E-state index contributed by atoms with van der Waals surface area (Å²) in [7, 11) is 0. The maximum atomic E-state index is 10.7. The molecule has 0 amide bonds. The minimum atomic E-state index is 0.578. The minimum Gasteiger partial charge on any atom is -0.324 e. The average Bonchev–Trinajstić information content (AvgIpc) is 2.79.